The van der Waals surface area contributed by atoms with E-state index in [1.807, 2.05) is 0 Å². The van der Waals surface area contributed by atoms with Gasteiger partial charge in [-0.1, -0.05) is 0 Å². The molecule has 2 unspecified atom stereocenters. The molecule has 0 saturated carbocycles. The van der Waals surface area contributed by atoms with Crippen molar-refractivity contribution in [3.63, 3.8) is 0 Å². The molecule has 0 saturated heterocycles. The van der Waals surface area contributed by atoms with Crippen LogP contribution in [0.4, 0.5) is 0 Å². The molecule has 2 rings (SSSR count). The molecule has 0 radical (unpaired) electrons. The summed E-state index contributed by atoms with van der Waals surface area (Å²) in [6.07, 6.45) is 9.94. The van der Waals surface area contributed by atoms with Crippen LogP contribution < -0.4 is 0 Å². The van der Waals surface area contributed by atoms with E-state index >= 15 is 0 Å². The minimum Gasteiger partial charge on any atom is -0.147 e. The van der Waals surface area contributed by atoms with E-state index in [1.165, 1.54) is 11.1 Å². The van der Waals surface area contributed by atoms with Crippen LogP contribution in [0.2, 0.25) is 0 Å². The van der Waals surface area contributed by atoms with Crippen molar-refractivity contribution in [2.24, 2.45) is 11.8 Å². The third kappa shape index (κ3) is 3.88. The van der Waals surface area contributed by atoms with Gasteiger partial charge in [-0.05, 0) is 0 Å². The average molecular weight is 435 g/mol. The Morgan fingerprint density at radius 2 is 1.04 bits per heavy atom. The molecule has 2 aliphatic rings. The van der Waals surface area contributed by atoms with E-state index in [0.29, 0.717) is 11.8 Å². The Hall–Kier alpha value is 0.163. The van der Waals surface area contributed by atoms with Crippen molar-refractivity contribution < 1.29 is 19.3 Å². The smallest absolute Gasteiger partial charge is 0.147 e. The number of allylic oxidation sites excluding steroid dienone is 8. The number of rotatable bonds is 2. The third-order valence-corrected chi connectivity index (χ3v) is 19.7. The van der Waals surface area contributed by atoms with E-state index in [0.717, 1.165) is 0 Å². The third-order valence-electron chi connectivity index (χ3n) is 5.14. The van der Waals surface area contributed by atoms with E-state index in [9.17, 15) is 0 Å². The van der Waals surface area contributed by atoms with Crippen LogP contribution in [0, 0.1) is 11.8 Å². The number of halogens is 2. The van der Waals surface area contributed by atoms with Gasteiger partial charge in [0.05, 0.1) is 0 Å². The van der Waals surface area contributed by atoms with Crippen LogP contribution in [0.25, 0.3) is 0 Å². The second-order valence-electron chi connectivity index (χ2n) is 7.35. The van der Waals surface area contributed by atoms with Crippen LogP contribution in [0.3, 0.4) is 0 Å². The van der Waals surface area contributed by atoms with Gasteiger partial charge in [0.25, 0.3) is 0 Å². The van der Waals surface area contributed by atoms with Gasteiger partial charge in [-0.3, -0.25) is 0 Å². The molecule has 0 aliphatic heterocycles. The van der Waals surface area contributed by atoms with E-state index in [4.69, 9.17) is 0 Å². The molecule has 2 aliphatic carbocycles. The first kappa shape index (κ1) is 23.2. The fourth-order valence-electron chi connectivity index (χ4n) is 4.54. The molecule has 0 heterocycles. The van der Waals surface area contributed by atoms with Crippen molar-refractivity contribution in [3.8, 4) is 0 Å². The van der Waals surface area contributed by atoms with Crippen molar-refractivity contribution in [3.05, 3.63) is 42.0 Å². The van der Waals surface area contributed by atoms with Crippen molar-refractivity contribution in [2.75, 3.05) is 0 Å². The van der Waals surface area contributed by atoms with Crippen LogP contribution in [0.1, 0.15) is 55.4 Å². The Morgan fingerprint density at radius 1 is 0.739 bits per heavy atom. The molecule has 0 amide bonds. The normalized spacial score (nSPS) is 22.4. The molecule has 0 aromatic heterocycles. The molecular weight excluding hydrogens is 402 g/mol. The maximum Gasteiger partial charge on any atom is -0.147 e. The zero-order chi connectivity index (χ0) is 15.9. The fraction of sp³-hybridized carbons (Fsp3) is 0.500. The average Bonchev–Trinajstić information content (AvgIpc) is 2.83. The molecule has 0 nitrogen and oxygen atoms in total. The fourth-order valence-corrected chi connectivity index (χ4v) is 19.4. The van der Waals surface area contributed by atoms with Gasteiger partial charge >= 0.3 is 135 Å². The topological polar surface area (TPSA) is 0 Å². The minimum absolute atomic E-state index is 0. The van der Waals surface area contributed by atoms with Crippen molar-refractivity contribution in [1.29, 1.82) is 0 Å². The largest absolute Gasteiger partial charge is 0.147 e. The summed E-state index contributed by atoms with van der Waals surface area (Å²) in [6.45, 7) is 18.9. The number of hydrogen-bond acceptors (Lipinski definition) is 0. The molecule has 0 fully saturated rings. The summed E-state index contributed by atoms with van der Waals surface area (Å²) in [5.74, 6) is 1.22. The van der Waals surface area contributed by atoms with Gasteiger partial charge < -0.3 is 0 Å². The Balaban J connectivity index is 0.00000242. The standard InChI is InChI=1S/2C7H9.2C3H6.2ClH.Zr/c2*1-6-3-4-7(2)5-6;2*1-3-2;;;/h2*3,5,7H,1-2H3;2*1-2H3;2*1H;. The van der Waals surface area contributed by atoms with Gasteiger partial charge in [-0.15, -0.1) is 24.8 Å². The maximum atomic E-state index is 2.52. The van der Waals surface area contributed by atoms with Gasteiger partial charge in [0.2, 0.25) is 0 Å². The Labute approximate surface area is 159 Å². The van der Waals surface area contributed by atoms with Crippen LogP contribution in [-0.2, 0) is 19.3 Å². The maximum absolute atomic E-state index is 2.79. The minimum atomic E-state index is -2.79. The first-order chi connectivity index (χ1) is 9.71. The molecule has 3 heteroatoms. The van der Waals surface area contributed by atoms with Crippen molar-refractivity contribution in [1.82, 2.24) is 0 Å². The van der Waals surface area contributed by atoms with Crippen molar-refractivity contribution >= 4 is 31.2 Å². The SMILES string of the molecule is CC1=CC(C)[C]([Zr]([C]2=CC(C)=CC2C)(=[C](C)C)=[C](C)C)=C1.Cl.Cl. The quantitative estimate of drug-likeness (QED) is 0.474. The number of hydrogen-bond donors (Lipinski definition) is 0. The molecule has 0 bridgehead atoms. The van der Waals surface area contributed by atoms with Crippen LogP contribution in [0.5, 0.6) is 0 Å². The summed E-state index contributed by atoms with van der Waals surface area (Å²) in [5, 5.41) is 0. The monoisotopic (exact) mass is 432 g/mol. The molecule has 0 N–H and O–H groups in total. The summed E-state index contributed by atoms with van der Waals surface area (Å²) in [6, 6.07) is 0. The zero-order valence-corrected chi connectivity index (χ0v) is 19.9. The van der Waals surface area contributed by atoms with E-state index in [-0.39, 0.29) is 24.8 Å². The second-order valence-corrected chi connectivity index (χ2v) is 18.8. The molecule has 0 aromatic rings. The molecule has 0 aromatic carbocycles. The molecule has 0 spiro atoms. The summed E-state index contributed by atoms with van der Waals surface area (Å²) >= 11 is -2.79. The summed E-state index contributed by atoms with van der Waals surface area (Å²) in [7, 11) is 0. The molecule has 130 valence electrons. The van der Waals surface area contributed by atoms with Crippen LogP contribution in [-0.4, -0.2) is 6.41 Å². The molecule has 23 heavy (non-hydrogen) atoms. The van der Waals surface area contributed by atoms with Gasteiger partial charge in [0, 0.05) is 0 Å². The van der Waals surface area contributed by atoms with E-state index in [2.05, 4.69) is 79.7 Å². The first-order valence-corrected chi connectivity index (χ1v) is 13.0. The van der Waals surface area contributed by atoms with Crippen LogP contribution >= 0.6 is 24.8 Å². The Morgan fingerprint density at radius 3 is 1.22 bits per heavy atom. The Bertz CT molecular complexity index is 647. The van der Waals surface area contributed by atoms with Crippen molar-refractivity contribution in [2.45, 2.75) is 55.4 Å². The van der Waals surface area contributed by atoms with Gasteiger partial charge in [-0.2, -0.15) is 0 Å². The zero-order valence-electron chi connectivity index (χ0n) is 15.8. The van der Waals surface area contributed by atoms with Gasteiger partial charge in [0.1, 0.15) is 0 Å². The summed E-state index contributed by atoms with van der Waals surface area (Å²) < 4.78 is 6.93. The van der Waals surface area contributed by atoms with E-state index < -0.39 is 19.3 Å². The predicted molar refractivity (Wildman–Crippen MR) is 109 cm³/mol. The van der Waals surface area contributed by atoms with Gasteiger partial charge in [-0.25, -0.2) is 0 Å². The predicted octanol–water partition coefficient (Wildman–Crippen LogP) is 6.37. The van der Waals surface area contributed by atoms with Gasteiger partial charge in [0.15, 0.2) is 0 Å². The van der Waals surface area contributed by atoms with Crippen LogP contribution in [0.15, 0.2) is 42.0 Å². The summed E-state index contributed by atoms with van der Waals surface area (Å²) in [4.78, 5) is 0. The second kappa shape index (κ2) is 8.51. The van der Waals surface area contributed by atoms with E-state index in [1.54, 1.807) is 13.0 Å². The molecular formula is C20H32Cl2Zr. The summed E-state index contributed by atoms with van der Waals surface area (Å²) in [5.41, 5.74) is 2.91. The molecule has 2 atom stereocenters. The Kier molecular flexibility index (Phi) is 8.57. The first-order valence-electron chi connectivity index (χ1n) is 8.13.